The Morgan fingerprint density at radius 2 is 1.83 bits per heavy atom. The monoisotopic (exact) mass is 465 g/mol. The summed E-state index contributed by atoms with van der Waals surface area (Å²) in [5.74, 6) is -0.409. The van der Waals surface area contributed by atoms with Crippen LogP contribution in [0.1, 0.15) is 21.7 Å². The van der Waals surface area contributed by atoms with E-state index < -0.39 is 6.61 Å². The number of benzene rings is 2. The first-order valence-corrected chi connectivity index (χ1v) is 9.35. The molecule has 0 unspecified atom stereocenters. The van der Waals surface area contributed by atoms with E-state index in [1.54, 1.807) is 28.9 Å². The molecule has 1 amide bonds. The Labute approximate surface area is 174 Å². The number of hydrogen-bond donors (Lipinski definition) is 1. The van der Waals surface area contributed by atoms with E-state index in [2.05, 4.69) is 31.1 Å². The summed E-state index contributed by atoms with van der Waals surface area (Å²) >= 11 is 3.49. The van der Waals surface area contributed by atoms with Gasteiger partial charge in [0.2, 0.25) is 0 Å². The number of anilines is 1. The van der Waals surface area contributed by atoms with E-state index in [0.29, 0.717) is 11.3 Å². The number of alkyl halides is 2. The first kappa shape index (κ1) is 20.8. The minimum atomic E-state index is -3.00. The van der Waals surface area contributed by atoms with Gasteiger partial charge in [-0.2, -0.15) is 13.9 Å². The average Bonchev–Trinajstić information content (AvgIpc) is 2.95. The Bertz CT molecular complexity index is 1040. The van der Waals surface area contributed by atoms with Crippen molar-refractivity contribution in [2.45, 2.75) is 20.5 Å². The van der Waals surface area contributed by atoms with Crippen molar-refractivity contribution in [1.82, 2.24) is 9.78 Å². The summed E-state index contributed by atoms with van der Waals surface area (Å²) < 4.78 is 37.2. The number of rotatable bonds is 6. The second-order valence-corrected chi connectivity index (χ2v) is 6.93. The molecule has 1 N–H and O–H groups in total. The largest absolute Gasteiger partial charge is 0.493 e. The average molecular weight is 466 g/mol. The van der Waals surface area contributed by atoms with E-state index >= 15 is 0 Å². The Balaban J connectivity index is 1.78. The maximum Gasteiger partial charge on any atom is 0.387 e. The predicted molar refractivity (Wildman–Crippen MR) is 108 cm³/mol. The number of nitrogens with one attached hydrogen (secondary N) is 1. The Morgan fingerprint density at radius 1 is 1.14 bits per heavy atom. The van der Waals surface area contributed by atoms with E-state index in [1.807, 2.05) is 13.8 Å². The van der Waals surface area contributed by atoms with Crippen molar-refractivity contribution in [3.8, 4) is 17.2 Å². The van der Waals surface area contributed by atoms with E-state index in [4.69, 9.17) is 4.74 Å². The molecule has 0 aliphatic rings. The number of amides is 1. The van der Waals surface area contributed by atoms with Crippen LogP contribution in [-0.2, 0) is 0 Å². The van der Waals surface area contributed by atoms with Crippen molar-refractivity contribution in [3.63, 3.8) is 0 Å². The number of aromatic nitrogens is 2. The molecule has 0 radical (unpaired) electrons. The molecule has 1 heterocycles. The topological polar surface area (TPSA) is 65.4 Å². The lowest BCUT2D eigenvalue weighted by atomic mass is 10.2. The minimum absolute atomic E-state index is 0.142. The van der Waals surface area contributed by atoms with Crippen molar-refractivity contribution < 1.29 is 23.0 Å². The molecule has 2 aromatic carbocycles. The van der Waals surface area contributed by atoms with Gasteiger partial charge >= 0.3 is 6.61 Å². The highest BCUT2D eigenvalue weighted by Crippen LogP contribution is 2.31. The summed E-state index contributed by atoms with van der Waals surface area (Å²) in [4.78, 5) is 12.5. The van der Waals surface area contributed by atoms with Crippen molar-refractivity contribution in [2.24, 2.45) is 0 Å². The second-order valence-electron chi connectivity index (χ2n) is 6.14. The molecule has 0 fully saturated rings. The Kier molecular flexibility index (Phi) is 6.17. The minimum Gasteiger partial charge on any atom is -0.493 e. The number of hydrogen-bond acceptors (Lipinski definition) is 4. The van der Waals surface area contributed by atoms with Crippen LogP contribution >= 0.6 is 15.9 Å². The fourth-order valence-electron chi connectivity index (χ4n) is 2.77. The molecule has 1 aromatic heterocycles. The molecule has 0 aliphatic carbocycles. The number of ether oxygens (including phenoxy) is 2. The van der Waals surface area contributed by atoms with Gasteiger partial charge < -0.3 is 14.8 Å². The van der Waals surface area contributed by atoms with E-state index in [-0.39, 0.29) is 17.4 Å². The molecular formula is C20H18BrF2N3O3. The van der Waals surface area contributed by atoms with Crippen LogP contribution < -0.4 is 14.8 Å². The SMILES string of the molecule is COc1ccc(NC(=O)c2ccc(-n3nc(C)c(Br)c3C)cc2)cc1OC(F)F. The maximum absolute atomic E-state index is 12.6. The second kappa shape index (κ2) is 8.60. The predicted octanol–water partition coefficient (Wildman–Crippen LogP) is 5.11. The van der Waals surface area contributed by atoms with Crippen LogP contribution in [0.2, 0.25) is 0 Å². The first-order valence-electron chi connectivity index (χ1n) is 8.56. The highest BCUT2D eigenvalue weighted by Gasteiger charge is 2.14. The van der Waals surface area contributed by atoms with E-state index in [9.17, 15) is 13.6 Å². The van der Waals surface area contributed by atoms with Crippen LogP contribution in [0.5, 0.6) is 11.5 Å². The van der Waals surface area contributed by atoms with Crippen molar-refractivity contribution >= 4 is 27.5 Å². The number of aryl methyl sites for hydroxylation is 1. The third kappa shape index (κ3) is 4.56. The molecule has 29 heavy (non-hydrogen) atoms. The molecule has 6 nitrogen and oxygen atoms in total. The fourth-order valence-corrected chi connectivity index (χ4v) is 3.02. The molecule has 0 spiro atoms. The third-order valence-corrected chi connectivity index (χ3v) is 5.36. The number of carbonyl (C=O) groups excluding carboxylic acids is 1. The summed E-state index contributed by atoms with van der Waals surface area (Å²) in [6.07, 6.45) is 0. The molecular weight excluding hydrogens is 448 g/mol. The number of halogens is 3. The molecule has 0 saturated heterocycles. The summed E-state index contributed by atoms with van der Waals surface area (Å²) in [6, 6.07) is 11.1. The van der Waals surface area contributed by atoms with Crippen LogP contribution in [0.25, 0.3) is 5.69 Å². The molecule has 0 saturated carbocycles. The van der Waals surface area contributed by atoms with Gasteiger partial charge in [0.25, 0.3) is 5.91 Å². The van der Waals surface area contributed by atoms with Gasteiger partial charge in [0.1, 0.15) is 0 Å². The molecule has 0 aliphatic heterocycles. The standard InChI is InChI=1S/C20H18BrF2N3O3/c1-11-18(21)12(2)26(25-11)15-7-4-13(5-8-15)19(27)24-14-6-9-16(28-3)17(10-14)29-20(22)23/h4-10,20H,1-3H3,(H,24,27). The van der Waals surface area contributed by atoms with Gasteiger partial charge in [0, 0.05) is 17.3 Å². The van der Waals surface area contributed by atoms with Crippen molar-refractivity contribution in [3.05, 3.63) is 63.9 Å². The molecule has 3 aromatic rings. The number of methoxy groups -OCH3 is 1. The van der Waals surface area contributed by atoms with Gasteiger partial charge in [-0.3, -0.25) is 4.79 Å². The third-order valence-electron chi connectivity index (χ3n) is 4.21. The molecule has 0 bridgehead atoms. The van der Waals surface area contributed by atoms with Crippen molar-refractivity contribution in [1.29, 1.82) is 0 Å². The molecule has 3 rings (SSSR count). The van der Waals surface area contributed by atoms with Gasteiger partial charge in [-0.15, -0.1) is 0 Å². The normalized spacial score (nSPS) is 10.9. The zero-order valence-corrected chi connectivity index (χ0v) is 17.5. The van der Waals surface area contributed by atoms with Crippen molar-refractivity contribution in [2.75, 3.05) is 12.4 Å². The zero-order valence-electron chi connectivity index (χ0n) is 15.9. The zero-order chi connectivity index (χ0) is 21.1. The summed E-state index contributed by atoms with van der Waals surface area (Å²) in [7, 11) is 1.34. The smallest absolute Gasteiger partial charge is 0.387 e. The van der Waals surface area contributed by atoms with Gasteiger partial charge in [-0.05, 0) is 66.2 Å². The number of nitrogens with zero attached hydrogens (tertiary/aromatic N) is 2. The lowest BCUT2D eigenvalue weighted by Gasteiger charge is -2.12. The summed E-state index contributed by atoms with van der Waals surface area (Å²) in [5.41, 5.74) is 3.33. The van der Waals surface area contributed by atoms with E-state index in [0.717, 1.165) is 21.5 Å². The van der Waals surface area contributed by atoms with Crippen LogP contribution in [0, 0.1) is 13.8 Å². The fraction of sp³-hybridized carbons (Fsp3) is 0.200. The maximum atomic E-state index is 12.6. The lowest BCUT2D eigenvalue weighted by Crippen LogP contribution is -2.12. The van der Waals surface area contributed by atoms with Gasteiger partial charge in [0.15, 0.2) is 11.5 Å². The van der Waals surface area contributed by atoms with Crippen LogP contribution in [0.15, 0.2) is 46.9 Å². The summed E-state index contributed by atoms with van der Waals surface area (Å²) in [5, 5.41) is 7.11. The highest BCUT2D eigenvalue weighted by molar-refractivity contribution is 9.10. The van der Waals surface area contributed by atoms with Gasteiger partial charge in [0.05, 0.1) is 28.7 Å². The van der Waals surface area contributed by atoms with E-state index in [1.165, 1.54) is 25.3 Å². The quantitative estimate of drug-likeness (QED) is 0.548. The Hall–Kier alpha value is -2.94. The number of carbonyl (C=O) groups is 1. The Morgan fingerprint density at radius 3 is 2.38 bits per heavy atom. The molecule has 152 valence electrons. The van der Waals surface area contributed by atoms with Gasteiger partial charge in [-0.1, -0.05) is 0 Å². The highest BCUT2D eigenvalue weighted by atomic mass is 79.9. The van der Waals surface area contributed by atoms with Gasteiger partial charge in [-0.25, -0.2) is 4.68 Å². The van der Waals surface area contributed by atoms with Crippen LogP contribution in [0.4, 0.5) is 14.5 Å². The van der Waals surface area contributed by atoms with Crippen LogP contribution in [-0.4, -0.2) is 29.4 Å². The molecule has 9 heteroatoms. The molecule has 0 atom stereocenters. The summed E-state index contributed by atoms with van der Waals surface area (Å²) in [6.45, 7) is 0.834. The lowest BCUT2D eigenvalue weighted by molar-refractivity contribution is -0.0511. The first-order chi connectivity index (χ1) is 13.8. The van der Waals surface area contributed by atoms with Crippen LogP contribution in [0.3, 0.4) is 0 Å².